The lowest BCUT2D eigenvalue weighted by molar-refractivity contribution is 0.313. The van der Waals surface area contributed by atoms with E-state index in [4.69, 9.17) is 0 Å². The average Bonchev–Trinajstić information content (AvgIpc) is 1.64. The van der Waals surface area contributed by atoms with Crippen molar-refractivity contribution in [1.29, 1.82) is 0 Å². The van der Waals surface area contributed by atoms with Gasteiger partial charge in [0.1, 0.15) is 0 Å². The highest BCUT2D eigenvalue weighted by Crippen LogP contribution is 2.03. The van der Waals surface area contributed by atoms with E-state index < -0.39 is 0 Å². The van der Waals surface area contributed by atoms with Crippen LogP contribution in [0, 0.1) is 0 Å². The van der Waals surface area contributed by atoms with Gasteiger partial charge in [-0.1, -0.05) is 6.92 Å². The van der Waals surface area contributed by atoms with Crippen molar-refractivity contribution >= 4 is 12.6 Å². The maximum atomic E-state index is 4.29. The molecule has 0 spiro atoms. The molecule has 0 aromatic carbocycles. The van der Waals surface area contributed by atoms with Crippen LogP contribution in [-0.4, -0.2) is 30.3 Å². The molecule has 1 unspecified atom stereocenters. The molecule has 8 heavy (non-hydrogen) atoms. The lowest BCUT2D eigenvalue weighted by Gasteiger charge is -2.22. The first kappa shape index (κ1) is 8.31. The van der Waals surface area contributed by atoms with Crippen LogP contribution in [0.4, 0.5) is 0 Å². The summed E-state index contributed by atoms with van der Waals surface area (Å²) in [6.07, 6.45) is 0. The van der Waals surface area contributed by atoms with Crippen LogP contribution in [0.3, 0.4) is 0 Å². The standard InChI is InChI=1S/C6H15NS/c1-5(6(2)8)7(3)4/h5-6,8H,1-4H3/t5-,6?/m1/s1. The Balaban J connectivity index is 3.46. The molecule has 0 saturated heterocycles. The highest BCUT2D eigenvalue weighted by Gasteiger charge is 2.07. The summed E-state index contributed by atoms with van der Waals surface area (Å²) in [5.74, 6) is 0. The van der Waals surface area contributed by atoms with Crippen LogP contribution in [0.2, 0.25) is 0 Å². The van der Waals surface area contributed by atoms with Crippen LogP contribution in [-0.2, 0) is 0 Å². The molecule has 0 fully saturated rings. The number of rotatable bonds is 2. The molecule has 0 aliphatic heterocycles. The minimum atomic E-state index is 0.463. The van der Waals surface area contributed by atoms with Crippen molar-refractivity contribution in [3.63, 3.8) is 0 Å². The highest BCUT2D eigenvalue weighted by atomic mass is 32.1. The summed E-state index contributed by atoms with van der Waals surface area (Å²) < 4.78 is 0. The Morgan fingerprint density at radius 2 is 1.62 bits per heavy atom. The minimum Gasteiger partial charge on any atom is -0.306 e. The molecular formula is C6H15NS. The van der Waals surface area contributed by atoms with E-state index in [2.05, 4.69) is 45.5 Å². The molecule has 0 N–H and O–H groups in total. The van der Waals surface area contributed by atoms with Crippen molar-refractivity contribution < 1.29 is 0 Å². The van der Waals surface area contributed by atoms with Crippen molar-refractivity contribution in [3.8, 4) is 0 Å². The van der Waals surface area contributed by atoms with Crippen LogP contribution < -0.4 is 0 Å². The third kappa shape index (κ3) is 2.58. The Morgan fingerprint density at radius 3 is 1.62 bits per heavy atom. The van der Waals surface area contributed by atoms with Crippen LogP contribution in [0.1, 0.15) is 13.8 Å². The van der Waals surface area contributed by atoms with Gasteiger partial charge in [-0.2, -0.15) is 12.6 Å². The second-order valence-corrected chi connectivity index (χ2v) is 3.26. The predicted octanol–water partition coefficient (Wildman–Crippen LogP) is 1.25. The third-order valence-electron chi connectivity index (χ3n) is 1.51. The van der Waals surface area contributed by atoms with Gasteiger partial charge in [0.05, 0.1) is 0 Å². The number of hydrogen-bond donors (Lipinski definition) is 1. The molecular weight excluding hydrogens is 118 g/mol. The largest absolute Gasteiger partial charge is 0.306 e. The van der Waals surface area contributed by atoms with Crippen LogP contribution in [0.25, 0.3) is 0 Å². The van der Waals surface area contributed by atoms with Gasteiger partial charge in [0.15, 0.2) is 0 Å². The maximum Gasteiger partial charge on any atom is 0.0175 e. The quantitative estimate of drug-likeness (QED) is 0.555. The first-order valence-electron chi connectivity index (χ1n) is 2.90. The molecule has 2 atom stereocenters. The number of nitrogens with zero attached hydrogens (tertiary/aromatic N) is 1. The molecule has 0 heterocycles. The van der Waals surface area contributed by atoms with E-state index >= 15 is 0 Å². The van der Waals surface area contributed by atoms with E-state index in [-0.39, 0.29) is 0 Å². The van der Waals surface area contributed by atoms with E-state index in [0.717, 1.165) is 0 Å². The van der Waals surface area contributed by atoms with Crippen molar-refractivity contribution in [3.05, 3.63) is 0 Å². The summed E-state index contributed by atoms with van der Waals surface area (Å²) in [6, 6.07) is 0.568. The first-order chi connectivity index (χ1) is 3.55. The first-order valence-corrected chi connectivity index (χ1v) is 3.42. The fraction of sp³-hybridized carbons (Fsp3) is 1.00. The maximum absolute atomic E-state index is 4.29. The zero-order valence-corrected chi connectivity index (χ0v) is 6.94. The lowest BCUT2D eigenvalue weighted by Crippen LogP contribution is -2.31. The normalized spacial score (nSPS) is 18.8. The van der Waals surface area contributed by atoms with Crippen LogP contribution in [0.15, 0.2) is 0 Å². The number of hydrogen-bond acceptors (Lipinski definition) is 2. The van der Waals surface area contributed by atoms with Gasteiger partial charge in [-0.15, -0.1) is 0 Å². The molecule has 0 rings (SSSR count). The third-order valence-corrected chi connectivity index (χ3v) is 1.94. The summed E-state index contributed by atoms with van der Waals surface area (Å²) >= 11 is 4.29. The summed E-state index contributed by atoms with van der Waals surface area (Å²) in [5.41, 5.74) is 0. The predicted molar refractivity (Wildman–Crippen MR) is 41.6 cm³/mol. The van der Waals surface area contributed by atoms with Gasteiger partial charge >= 0.3 is 0 Å². The average molecular weight is 133 g/mol. The fourth-order valence-corrected chi connectivity index (χ4v) is 0.698. The fourth-order valence-electron chi connectivity index (χ4n) is 0.431. The summed E-state index contributed by atoms with van der Waals surface area (Å²) in [5, 5.41) is 0.463. The van der Waals surface area contributed by atoms with Gasteiger partial charge in [-0.05, 0) is 21.0 Å². The molecule has 1 nitrogen and oxygen atoms in total. The van der Waals surface area contributed by atoms with E-state index in [1.54, 1.807) is 0 Å². The second kappa shape index (κ2) is 3.36. The zero-order valence-electron chi connectivity index (χ0n) is 6.05. The van der Waals surface area contributed by atoms with Crippen molar-refractivity contribution in [2.45, 2.75) is 25.1 Å². The molecule has 2 heteroatoms. The van der Waals surface area contributed by atoms with E-state index in [1.807, 2.05) is 0 Å². The van der Waals surface area contributed by atoms with Crippen molar-refractivity contribution in [2.24, 2.45) is 0 Å². The molecule has 0 bridgehead atoms. The highest BCUT2D eigenvalue weighted by molar-refractivity contribution is 7.81. The Labute approximate surface area is 57.5 Å². The van der Waals surface area contributed by atoms with Crippen molar-refractivity contribution in [1.82, 2.24) is 4.90 Å². The van der Waals surface area contributed by atoms with E-state index in [0.29, 0.717) is 11.3 Å². The molecule has 50 valence electrons. The number of thiol groups is 1. The van der Waals surface area contributed by atoms with Crippen LogP contribution in [0.5, 0.6) is 0 Å². The minimum absolute atomic E-state index is 0.463. The Kier molecular flexibility index (Phi) is 3.49. The second-order valence-electron chi connectivity index (χ2n) is 2.44. The van der Waals surface area contributed by atoms with Gasteiger partial charge in [0, 0.05) is 11.3 Å². The molecule has 0 saturated carbocycles. The van der Waals surface area contributed by atoms with Gasteiger partial charge in [-0.25, -0.2) is 0 Å². The monoisotopic (exact) mass is 133 g/mol. The van der Waals surface area contributed by atoms with Crippen LogP contribution >= 0.6 is 12.6 Å². The molecule has 0 radical (unpaired) electrons. The Hall–Kier alpha value is 0.310. The molecule has 0 aliphatic carbocycles. The van der Waals surface area contributed by atoms with Gasteiger partial charge in [0.2, 0.25) is 0 Å². The topological polar surface area (TPSA) is 3.24 Å². The molecule has 0 aromatic heterocycles. The Bertz CT molecular complexity index is 53.5. The van der Waals surface area contributed by atoms with E-state index in [9.17, 15) is 0 Å². The lowest BCUT2D eigenvalue weighted by atomic mass is 10.2. The Morgan fingerprint density at radius 1 is 1.25 bits per heavy atom. The molecule has 0 aromatic rings. The summed E-state index contributed by atoms with van der Waals surface area (Å²) in [4.78, 5) is 2.16. The van der Waals surface area contributed by atoms with Gasteiger partial charge < -0.3 is 4.90 Å². The SMILES string of the molecule is CC(S)[C@@H](C)N(C)C. The van der Waals surface area contributed by atoms with Gasteiger partial charge in [-0.3, -0.25) is 0 Å². The molecule has 0 amide bonds. The summed E-state index contributed by atoms with van der Waals surface area (Å²) in [6.45, 7) is 4.27. The zero-order chi connectivity index (χ0) is 6.73. The summed E-state index contributed by atoms with van der Waals surface area (Å²) in [7, 11) is 4.13. The van der Waals surface area contributed by atoms with Gasteiger partial charge in [0.25, 0.3) is 0 Å². The smallest absolute Gasteiger partial charge is 0.0175 e. The van der Waals surface area contributed by atoms with Crippen molar-refractivity contribution in [2.75, 3.05) is 14.1 Å². The van der Waals surface area contributed by atoms with E-state index in [1.165, 1.54) is 0 Å². The molecule has 0 aliphatic rings.